The Morgan fingerprint density at radius 1 is 0.652 bits per heavy atom. The summed E-state index contributed by atoms with van der Waals surface area (Å²) in [6.07, 6.45) is 9.11. The third-order valence-corrected chi connectivity index (χ3v) is 9.65. The number of fused-ring (bicyclic) bond motifs is 10. The molecule has 1 unspecified atom stereocenters. The number of hydrogen-bond acceptors (Lipinski definition) is 2. The Morgan fingerprint density at radius 3 is 2.33 bits per heavy atom. The molecule has 0 saturated carbocycles. The van der Waals surface area contributed by atoms with Crippen LogP contribution in [0.4, 0.5) is 5.69 Å². The molecule has 6 aromatic rings. The van der Waals surface area contributed by atoms with Crippen molar-refractivity contribution in [2.24, 2.45) is 5.92 Å². The highest BCUT2D eigenvalue weighted by atomic mass is 16.2. The topological polar surface area (TPSA) is 42.3 Å². The Labute approximate surface area is 267 Å². The van der Waals surface area contributed by atoms with Crippen LogP contribution in [0.25, 0.3) is 49.8 Å². The molecule has 3 aliphatic rings. The molecule has 0 N–H and O–H groups in total. The van der Waals surface area contributed by atoms with Gasteiger partial charge >= 0.3 is 0 Å². The maximum atomic E-state index is 14.7. The van der Waals surface area contributed by atoms with Gasteiger partial charge in [-0.2, -0.15) is 0 Å². The summed E-state index contributed by atoms with van der Waals surface area (Å²) < 4.78 is 2.22. The van der Waals surface area contributed by atoms with Gasteiger partial charge in [0.25, 0.3) is 11.8 Å². The molecule has 1 fully saturated rings. The van der Waals surface area contributed by atoms with Gasteiger partial charge in [0.15, 0.2) is 0 Å². The van der Waals surface area contributed by atoms with E-state index in [-0.39, 0.29) is 17.7 Å². The molecule has 0 radical (unpaired) electrons. The van der Waals surface area contributed by atoms with E-state index in [9.17, 15) is 9.59 Å². The van der Waals surface area contributed by atoms with Gasteiger partial charge in [-0.25, -0.2) is 4.90 Å². The maximum Gasteiger partial charge on any atom is 0.268 e. The van der Waals surface area contributed by atoms with Crippen molar-refractivity contribution in [2.75, 3.05) is 4.90 Å². The third kappa shape index (κ3) is 4.07. The zero-order chi connectivity index (χ0) is 30.8. The van der Waals surface area contributed by atoms with Crippen LogP contribution in [0.2, 0.25) is 0 Å². The fourth-order valence-corrected chi connectivity index (χ4v) is 7.51. The number of allylic oxidation sites excluding steroid dienone is 4. The molecule has 3 heterocycles. The number of carbonyl (C=O) groups excluding carboxylic acids is 2. The van der Waals surface area contributed by atoms with E-state index >= 15 is 0 Å². The highest BCUT2D eigenvalue weighted by molar-refractivity contribution is 6.39. The van der Waals surface area contributed by atoms with Crippen LogP contribution in [0, 0.1) is 5.92 Å². The normalized spacial score (nSPS) is 17.5. The molecule has 2 amide bonds. The summed E-state index contributed by atoms with van der Waals surface area (Å²) in [7, 11) is 0. The van der Waals surface area contributed by atoms with Gasteiger partial charge in [0.05, 0.1) is 33.6 Å². The summed E-state index contributed by atoms with van der Waals surface area (Å²) in [5, 5.41) is 2.23. The zero-order valence-electron chi connectivity index (χ0n) is 25.2. The molecule has 5 aromatic carbocycles. The van der Waals surface area contributed by atoms with Crippen molar-refractivity contribution in [3.8, 4) is 22.3 Å². The predicted octanol–water partition coefficient (Wildman–Crippen LogP) is 9.36. The first kappa shape index (κ1) is 26.6. The van der Waals surface area contributed by atoms with Crippen molar-refractivity contribution in [3.63, 3.8) is 0 Å². The summed E-state index contributed by atoms with van der Waals surface area (Å²) >= 11 is 0. The molecule has 2 aliphatic heterocycles. The monoisotopic (exact) mass is 594 g/mol. The second-order valence-electron chi connectivity index (χ2n) is 12.4. The summed E-state index contributed by atoms with van der Waals surface area (Å²) in [5.41, 5.74) is 9.85. The lowest BCUT2D eigenvalue weighted by Gasteiger charge is -2.16. The average molecular weight is 595 g/mol. The van der Waals surface area contributed by atoms with Crippen LogP contribution in [-0.4, -0.2) is 16.4 Å². The quantitative estimate of drug-likeness (QED) is 0.188. The van der Waals surface area contributed by atoms with Crippen LogP contribution in [0.3, 0.4) is 0 Å². The zero-order valence-corrected chi connectivity index (χ0v) is 25.2. The lowest BCUT2D eigenvalue weighted by atomic mass is 9.95. The van der Waals surface area contributed by atoms with E-state index in [1.165, 1.54) is 10.5 Å². The van der Waals surface area contributed by atoms with Gasteiger partial charge in [0.2, 0.25) is 0 Å². The molecule has 4 nitrogen and oxygen atoms in total. The van der Waals surface area contributed by atoms with E-state index in [1.54, 1.807) is 0 Å². The molecule has 46 heavy (non-hydrogen) atoms. The Morgan fingerprint density at radius 2 is 1.41 bits per heavy atom. The van der Waals surface area contributed by atoms with Gasteiger partial charge in [0, 0.05) is 16.3 Å². The first-order valence-corrected chi connectivity index (χ1v) is 16.0. The van der Waals surface area contributed by atoms with Crippen molar-refractivity contribution >= 4 is 45.0 Å². The van der Waals surface area contributed by atoms with Gasteiger partial charge in [-0.1, -0.05) is 115 Å². The minimum atomic E-state index is -0.292. The molecule has 0 spiro atoms. The van der Waals surface area contributed by atoms with E-state index in [0.717, 1.165) is 69.0 Å². The summed E-state index contributed by atoms with van der Waals surface area (Å²) in [4.78, 5) is 30.5. The number of anilines is 1. The summed E-state index contributed by atoms with van der Waals surface area (Å²) in [6, 6.07) is 41.4. The molecule has 220 valence electrons. The molecular formula is C42H30N2O2. The average Bonchev–Trinajstić information content (AvgIpc) is 3.47. The van der Waals surface area contributed by atoms with E-state index < -0.39 is 0 Å². The third-order valence-electron chi connectivity index (χ3n) is 9.65. The maximum absolute atomic E-state index is 14.7. The number of rotatable bonds is 2. The highest BCUT2D eigenvalue weighted by Crippen LogP contribution is 2.44. The first-order valence-electron chi connectivity index (χ1n) is 16.0. The van der Waals surface area contributed by atoms with Crippen molar-refractivity contribution < 1.29 is 9.59 Å². The molecule has 1 aromatic heterocycles. The van der Waals surface area contributed by atoms with Crippen molar-refractivity contribution in [2.45, 2.75) is 19.3 Å². The van der Waals surface area contributed by atoms with E-state index in [4.69, 9.17) is 0 Å². The van der Waals surface area contributed by atoms with Gasteiger partial charge in [-0.3, -0.25) is 9.59 Å². The highest BCUT2D eigenvalue weighted by Gasteiger charge is 2.43. The first-order chi connectivity index (χ1) is 22.7. The lowest BCUT2D eigenvalue weighted by Crippen LogP contribution is -2.29. The smallest absolute Gasteiger partial charge is 0.268 e. The number of nitrogens with zero attached hydrogens (tertiary/aromatic N) is 2. The van der Waals surface area contributed by atoms with Crippen LogP contribution in [0.1, 0.15) is 18.4 Å². The van der Waals surface area contributed by atoms with Crippen LogP contribution in [-0.2, 0) is 16.0 Å². The number of imide groups is 1. The molecule has 1 saturated heterocycles. The predicted molar refractivity (Wildman–Crippen MR) is 186 cm³/mol. The molecule has 1 aliphatic carbocycles. The fraction of sp³-hybridized carbons (Fsp3) is 0.0952. The Kier molecular flexibility index (Phi) is 6.04. The molecular weight excluding hydrogens is 564 g/mol. The van der Waals surface area contributed by atoms with Crippen molar-refractivity contribution in [3.05, 3.63) is 156 Å². The number of hydrogen-bond donors (Lipinski definition) is 0. The number of para-hydroxylation sites is 2. The van der Waals surface area contributed by atoms with Gasteiger partial charge in [0.1, 0.15) is 0 Å². The second kappa shape index (κ2) is 10.4. The molecule has 4 bridgehead atoms. The Balaban J connectivity index is 1.34. The number of amides is 2. The van der Waals surface area contributed by atoms with Crippen LogP contribution < -0.4 is 4.90 Å². The largest absolute Gasteiger partial charge is 0.308 e. The standard InChI is InChI=1S/C42H30N2O2/c45-41-36-25-28-11-6-10-27-12-7-16-31(24-27)33-19-9-20-35-34-18-4-5-21-37(34)44(40(33)35)38(23-22-28)39(36)42(46)43(41)32-17-8-15-30(26-32)29-13-2-1-3-14-29/h1-5,7-9,12-26,28H,6,10-11H2. The van der Waals surface area contributed by atoms with E-state index in [2.05, 4.69) is 77.4 Å². The van der Waals surface area contributed by atoms with Crippen LogP contribution >= 0.6 is 0 Å². The summed E-state index contributed by atoms with van der Waals surface area (Å²) in [6.45, 7) is 0. The van der Waals surface area contributed by atoms with E-state index in [0.29, 0.717) is 16.8 Å². The van der Waals surface area contributed by atoms with Crippen LogP contribution in [0.15, 0.2) is 151 Å². The van der Waals surface area contributed by atoms with E-state index in [1.807, 2.05) is 66.7 Å². The minimum absolute atomic E-state index is 0.0198. The molecule has 9 rings (SSSR count). The number of benzene rings is 5. The summed E-state index contributed by atoms with van der Waals surface area (Å²) in [5.74, 6) is -0.541. The second-order valence-corrected chi connectivity index (χ2v) is 12.4. The number of carbonyl (C=O) groups is 2. The van der Waals surface area contributed by atoms with Crippen molar-refractivity contribution in [1.82, 2.24) is 4.57 Å². The van der Waals surface area contributed by atoms with Gasteiger partial charge in [-0.15, -0.1) is 0 Å². The number of aromatic nitrogens is 1. The minimum Gasteiger partial charge on any atom is -0.308 e. The Bertz CT molecular complexity index is 2340. The van der Waals surface area contributed by atoms with Crippen LogP contribution in [0.5, 0.6) is 0 Å². The van der Waals surface area contributed by atoms with Gasteiger partial charge in [-0.05, 0) is 71.7 Å². The van der Waals surface area contributed by atoms with Crippen molar-refractivity contribution in [1.29, 1.82) is 0 Å². The molecule has 4 heteroatoms. The van der Waals surface area contributed by atoms with Gasteiger partial charge < -0.3 is 4.57 Å². The fourth-order valence-electron chi connectivity index (χ4n) is 7.51. The SMILES string of the molecule is O=C1C2=CC3C=CC(=C2C(=O)N1c1cccc(-c2ccccc2)c1)n1c2ccccc2c2cccc(c21)-c1cccc(c1)CCC3. The lowest BCUT2D eigenvalue weighted by molar-refractivity contribution is -0.119. The number of aryl methyl sites for hydroxylation is 1. The molecule has 1 atom stereocenters. The Hall–Kier alpha value is -5.74.